The third-order valence-electron chi connectivity index (χ3n) is 6.88. The molecule has 8 heteroatoms. The van der Waals surface area contributed by atoms with E-state index in [0.29, 0.717) is 26.2 Å². The fraction of sp³-hybridized carbons (Fsp3) is 0.444. The first-order valence-corrected chi connectivity index (χ1v) is 12.4. The Balaban J connectivity index is 1.34. The zero-order valence-electron chi connectivity index (χ0n) is 19.8. The smallest absolute Gasteiger partial charge is 0.262 e. The average Bonchev–Trinajstić information content (AvgIpc) is 3.65. The lowest BCUT2D eigenvalue weighted by molar-refractivity contribution is -0.142. The lowest BCUT2D eigenvalue weighted by Crippen LogP contribution is -2.47. The number of halogens is 1. The molecule has 2 amide bonds. The van der Waals surface area contributed by atoms with Crippen LogP contribution in [0.5, 0.6) is 0 Å². The van der Waals surface area contributed by atoms with E-state index in [4.69, 9.17) is 4.74 Å². The zero-order chi connectivity index (χ0) is 24.2. The number of hydrogen-bond acceptors (Lipinski definition) is 5. The van der Waals surface area contributed by atoms with Gasteiger partial charge in [-0.25, -0.2) is 9.40 Å². The van der Waals surface area contributed by atoms with Crippen molar-refractivity contribution in [3.05, 3.63) is 71.5 Å². The monoisotopic (exact) mass is 478 g/mol. The van der Waals surface area contributed by atoms with E-state index in [-0.39, 0.29) is 36.1 Å². The molecule has 1 saturated heterocycles. The molecule has 3 aliphatic rings. The SMILES string of the molecule is O=C(C1CC1)N(CCN1CCOCC1)CC(=O)N1N=C(c2ccc(F)cc2)C[C@H]1c1ccccc1. The van der Waals surface area contributed by atoms with Crippen molar-refractivity contribution in [1.29, 1.82) is 0 Å². The molecule has 0 radical (unpaired) electrons. The predicted molar refractivity (Wildman–Crippen MR) is 130 cm³/mol. The van der Waals surface area contributed by atoms with Crippen molar-refractivity contribution in [2.45, 2.75) is 25.3 Å². The van der Waals surface area contributed by atoms with Gasteiger partial charge in [-0.15, -0.1) is 0 Å². The van der Waals surface area contributed by atoms with Gasteiger partial charge in [0.25, 0.3) is 5.91 Å². The van der Waals surface area contributed by atoms with Gasteiger partial charge >= 0.3 is 0 Å². The third-order valence-corrected chi connectivity index (χ3v) is 6.88. The van der Waals surface area contributed by atoms with E-state index < -0.39 is 0 Å². The van der Waals surface area contributed by atoms with E-state index in [1.165, 1.54) is 17.1 Å². The first kappa shape index (κ1) is 23.6. The maximum atomic E-state index is 13.6. The number of ether oxygens (including phenoxy) is 1. The van der Waals surface area contributed by atoms with Crippen molar-refractivity contribution in [1.82, 2.24) is 14.8 Å². The third kappa shape index (κ3) is 5.77. The van der Waals surface area contributed by atoms with Gasteiger partial charge in [-0.1, -0.05) is 42.5 Å². The van der Waals surface area contributed by atoms with Crippen LogP contribution >= 0.6 is 0 Å². The van der Waals surface area contributed by atoms with E-state index in [2.05, 4.69) is 10.0 Å². The van der Waals surface area contributed by atoms with Crippen LogP contribution in [0.1, 0.15) is 36.4 Å². The second-order valence-corrected chi connectivity index (χ2v) is 9.41. The Labute approximate surface area is 205 Å². The molecule has 5 rings (SSSR count). The molecule has 2 aliphatic heterocycles. The summed E-state index contributed by atoms with van der Waals surface area (Å²) in [6.45, 7) is 4.32. The molecule has 2 aromatic carbocycles. The molecule has 2 heterocycles. The van der Waals surface area contributed by atoms with Crippen LogP contribution in [0.15, 0.2) is 59.7 Å². The Morgan fingerprint density at radius 3 is 2.43 bits per heavy atom. The maximum absolute atomic E-state index is 13.6. The lowest BCUT2D eigenvalue weighted by atomic mass is 9.98. The molecule has 0 aromatic heterocycles. The molecule has 2 fully saturated rings. The van der Waals surface area contributed by atoms with Crippen LogP contribution in [-0.2, 0) is 14.3 Å². The van der Waals surface area contributed by atoms with Gasteiger partial charge in [0, 0.05) is 38.5 Å². The molecule has 1 aliphatic carbocycles. The number of carbonyl (C=O) groups excluding carboxylic acids is 2. The van der Waals surface area contributed by atoms with Crippen molar-refractivity contribution < 1.29 is 18.7 Å². The number of carbonyl (C=O) groups is 2. The molecule has 1 saturated carbocycles. The second-order valence-electron chi connectivity index (χ2n) is 9.41. The van der Waals surface area contributed by atoms with Gasteiger partial charge in [-0.3, -0.25) is 14.5 Å². The molecule has 0 bridgehead atoms. The van der Waals surface area contributed by atoms with Crippen molar-refractivity contribution in [3.63, 3.8) is 0 Å². The normalized spacial score (nSPS) is 20.5. The number of hydrogen-bond donors (Lipinski definition) is 0. The number of amides is 2. The molecular weight excluding hydrogens is 447 g/mol. The van der Waals surface area contributed by atoms with Crippen molar-refractivity contribution in [2.24, 2.45) is 11.0 Å². The number of nitrogens with zero attached hydrogens (tertiary/aromatic N) is 4. The van der Waals surface area contributed by atoms with Gasteiger partial charge in [0.15, 0.2) is 0 Å². The highest BCUT2D eigenvalue weighted by Gasteiger charge is 2.37. The maximum Gasteiger partial charge on any atom is 0.262 e. The van der Waals surface area contributed by atoms with Crippen LogP contribution in [0.4, 0.5) is 4.39 Å². The number of benzene rings is 2. The fourth-order valence-corrected chi connectivity index (χ4v) is 4.67. The molecule has 0 unspecified atom stereocenters. The van der Waals surface area contributed by atoms with Crippen LogP contribution < -0.4 is 0 Å². The van der Waals surface area contributed by atoms with Crippen molar-refractivity contribution in [3.8, 4) is 0 Å². The molecule has 35 heavy (non-hydrogen) atoms. The Kier molecular flexibility index (Phi) is 7.20. The van der Waals surface area contributed by atoms with Gasteiger partial charge in [0.2, 0.25) is 5.91 Å². The van der Waals surface area contributed by atoms with Crippen molar-refractivity contribution in [2.75, 3.05) is 45.9 Å². The highest BCUT2D eigenvalue weighted by atomic mass is 19.1. The highest BCUT2D eigenvalue weighted by Crippen LogP contribution is 2.34. The molecule has 0 N–H and O–H groups in total. The van der Waals surface area contributed by atoms with Crippen LogP contribution in [0.3, 0.4) is 0 Å². The minimum absolute atomic E-state index is 0.00318. The summed E-state index contributed by atoms with van der Waals surface area (Å²) < 4.78 is 18.9. The minimum Gasteiger partial charge on any atom is -0.379 e. The Hall–Kier alpha value is -3.10. The summed E-state index contributed by atoms with van der Waals surface area (Å²) in [7, 11) is 0. The number of hydrazone groups is 1. The number of morpholine rings is 1. The van der Waals surface area contributed by atoms with Gasteiger partial charge < -0.3 is 9.64 Å². The summed E-state index contributed by atoms with van der Waals surface area (Å²) in [5.74, 6) is -0.416. The standard InChI is InChI=1S/C27H31FN4O3/c28-23-10-8-20(9-11-23)24-18-25(21-4-2-1-3-5-21)32(29-24)26(33)19-31(27(34)22-6-7-22)13-12-30-14-16-35-17-15-30/h1-5,8-11,22,25H,6-7,12-19H2/t25-/m0/s1. The van der Waals surface area contributed by atoms with Gasteiger partial charge in [0.1, 0.15) is 12.4 Å². The Morgan fingerprint density at radius 1 is 1.03 bits per heavy atom. The average molecular weight is 479 g/mol. The van der Waals surface area contributed by atoms with E-state index in [1.54, 1.807) is 17.0 Å². The quantitative estimate of drug-likeness (QED) is 0.585. The second kappa shape index (κ2) is 10.7. The first-order valence-electron chi connectivity index (χ1n) is 12.4. The summed E-state index contributed by atoms with van der Waals surface area (Å²) in [6, 6.07) is 15.7. The van der Waals surface area contributed by atoms with Crippen LogP contribution in [0, 0.1) is 11.7 Å². The summed E-state index contributed by atoms with van der Waals surface area (Å²) in [5, 5.41) is 6.21. The lowest BCUT2D eigenvalue weighted by Gasteiger charge is -2.31. The minimum atomic E-state index is -0.311. The number of rotatable bonds is 8. The Bertz CT molecular complexity index is 1070. The van der Waals surface area contributed by atoms with Gasteiger partial charge in [-0.2, -0.15) is 5.10 Å². The topological polar surface area (TPSA) is 65.5 Å². The molecule has 2 aromatic rings. The van der Waals surface area contributed by atoms with Crippen LogP contribution in [-0.4, -0.2) is 78.3 Å². The molecule has 7 nitrogen and oxygen atoms in total. The van der Waals surface area contributed by atoms with E-state index >= 15 is 0 Å². The summed E-state index contributed by atoms with van der Waals surface area (Å²) in [6.07, 6.45) is 2.32. The molecule has 0 spiro atoms. The predicted octanol–water partition coefficient (Wildman–Crippen LogP) is 3.07. The Morgan fingerprint density at radius 2 is 1.74 bits per heavy atom. The van der Waals surface area contributed by atoms with Crippen molar-refractivity contribution >= 4 is 17.5 Å². The molecular formula is C27H31FN4O3. The largest absolute Gasteiger partial charge is 0.379 e. The van der Waals surface area contributed by atoms with Gasteiger partial charge in [0.05, 0.1) is 25.0 Å². The van der Waals surface area contributed by atoms with E-state index in [9.17, 15) is 14.0 Å². The van der Waals surface area contributed by atoms with Crippen LogP contribution in [0.2, 0.25) is 0 Å². The highest BCUT2D eigenvalue weighted by molar-refractivity contribution is 6.03. The fourth-order valence-electron chi connectivity index (χ4n) is 4.67. The first-order chi connectivity index (χ1) is 17.1. The summed E-state index contributed by atoms with van der Waals surface area (Å²) >= 11 is 0. The summed E-state index contributed by atoms with van der Waals surface area (Å²) in [5.41, 5.74) is 2.51. The van der Waals surface area contributed by atoms with E-state index in [0.717, 1.165) is 49.3 Å². The van der Waals surface area contributed by atoms with Gasteiger partial charge in [-0.05, 0) is 36.1 Å². The zero-order valence-corrected chi connectivity index (χ0v) is 19.8. The molecule has 1 atom stereocenters. The molecule has 184 valence electrons. The summed E-state index contributed by atoms with van der Waals surface area (Å²) in [4.78, 5) is 30.6. The van der Waals surface area contributed by atoms with Crippen LogP contribution in [0.25, 0.3) is 0 Å². The van der Waals surface area contributed by atoms with E-state index in [1.807, 2.05) is 30.3 Å².